The topological polar surface area (TPSA) is 55.4 Å². The first-order valence-corrected chi connectivity index (χ1v) is 9.15. The van der Waals surface area contributed by atoms with Crippen molar-refractivity contribution in [3.63, 3.8) is 0 Å². The lowest BCUT2D eigenvalue weighted by Crippen LogP contribution is -2.34. The van der Waals surface area contributed by atoms with Crippen molar-refractivity contribution in [2.45, 2.75) is 43.9 Å². The quantitative estimate of drug-likeness (QED) is 0.877. The summed E-state index contributed by atoms with van der Waals surface area (Å²) in [6.07, 6.45) is 4.86. The molecule has 0 aromatic heterocycles. The Morgan fingerprint density at radius 3 is 2.75 bits per heavy atom. The van der Waals surface area contributed by atoms with Crippen molar-refractivity contribution in [2.24, 2.45) is 0 Å². The van der Waals surface area contributed by atoms with E-state index in [1.165, 1.54) is 6.26 Å². The van der Waals surface area contributed by atoms with Gasteiger partial charge in [-0.3, -0.25) is 0 Å². The number of hydrogen-bond acceptors (Lipinski definition) is 4. The number of rotatable bonds is 6. The van der Waals surface area contributed by atoms with Gasteiger partial charge in [0.25, 0.3) is 0 Å². The second-order valence-electron chi connectivity index (χ2n) is 5.39. The zero-order chi connectivity index (χ0) is 14.6. The first kappa shape index (κ1) is 15.2. The Kier molecular flexibility index (Phi) is 4.91. The number of sulfone groups is 1. The van der Waals surface area contributed by atoms with Crippen LogP contribution in [0.3, 0.4) is 0 Å². The molecule has 0 amide bonds. The van der Waals surface area contributed by atoms with E-state index in [1.807, 2.05) is 24.3 Å². The van der Waals surface area contributed by atoms with E-state index in [2.05, 4.69) is 12.2 Å². The predicted molar refractivity (Wildman–Crippen MR) is 82.1 cm³/mol. The van der Waals surface area contributed by atoms with Gasteiger partial charge in [0.2, 0.25) is 0 Å². The molecular weight excluding hydrogens is 274 g/mol. The molecule has 1 aliphatic carbocycles. The molecule has 0 radical (unpaired) electrons. The van der Waals surface area contributed by atoms with Gasteiger partial charge in [-0.2, -0.15) is 0 Å². The molecule has 1 fully saturated rings. The Bertz CT molecular complexity index is 542. The Hall–Kier alpha value is -1.23. The third-order valence-corrected chi connectivity index (χ3v) is 5.36. The van der Waals surface area contributed by atoms with E-state index in [0.29, 0.717) is 6.61 Å². The Labute approximate surface area is 121 Å². The minimum atomic E-state index is -3.00. The van der Waals surface area contributed by atoms with E-state index in [9.17, 15) is 8.42 Å². The van der Waals surface area contributed by atoms with Gasteiger partial charge in [-0.05, 0) is 37.8 Å². The van der Waals surface area contributed by atoms with Gasteiger partial charge in [-0.25, -0.2) is 8.42 Å². The maximum absolute atomic E-state index is 11.8. The van der Waals surface area contributed by atoms with Crippen LogP contribution in [0, 0.1) is 0 Å². The lowest BCUT2D eigenvalue weighted by molar-refractivity contribution is 0.318. The van der Waals surface area contributed by atoms with E-state index in [1.54, 1.807) is 0 Å². The molecular formula is C15H23NO3S. The fraction of sp³-hybridized carbons (Fsp3) is 0.600. The number of anilines is 1. The summed E-state index contributed by atoms with van der Waals surface area (Å²) in [4.78, 5) is 0. The van der Waals surface area contributed by atoms with Crippen LogP contribution in [0.15, 0.2) is 24.3 Å². The van der Waals surface area contributed by atoms with Gasteiger partial charge < -0.3 is 10.1 Å². The van der Waals surface area contributed by atoms with Crippen LogP contribution >= 0.6 is 0 Å². The van der Waals surface area contributed by atoms with Gasteiger partial charge in [-0.1, -0.05) is 19.1 Å². The van der Waals surface area contributed by atoms with Crippen LogP contribution in [0.4, 0.5) is 5.69 Å². The Morgan fingerprint density at radius 1 is 1.30 bits per heavy atom. The van der Waals surface area contributed by atoms with Gasteiger partial charge in [-0.15, -0.1) is 0 Å². The zero-order valence-corrected chi connectivity index (χ0v) is 12.9. The van der Waals surface area contributed by atoms with E-state index >= 15 is 0 Å². The monoisotopic (exact) mass is 297 g/mol. The summed E-state index contributed by atoms with van der Waals surface area (Å²) in [6.45, 7) is 2.73. The van der Waals surface area contributed by atoms with Gasteiger partial charge in [0.05, 0.1) is 17.5 Å². The van der Waals surface area contributed by atoms with Gasteiger partial charge in [0, 0.05) is 12.3 Å². The third-order valence-electron chi connectivity index (χ3n) is 3.69. The predicted octanol–water partition coefficient (Wildman–Crippen LogP) is 2.85. The summed E-state index contributed by atoms with van der Waals surface area (Å²) in [5, 5.41) is 3.08. The van der Waals surface area contributed by atoms with E-state index in [4.69, 9.17) is 4.74 Å². The third kappa shape index (κ3) is 3.66. The second kappa shape index (κ2) is 6.48. The molecule has 1 N–H and O–H groups in total. The molecule has 1 aromatic carbocycles. The summed E-state index contributed by atoms with van der Waals surface area (Å²) in [5.74, 6) is 0.800. The summed E-state index contributed by atoms with van der Waals surface area (Å²) >= 11 is 0. The molecule has 0 heterocycles. The molecule has 1 saturated carbocycles. The van der Waals surface area contributed by atoms with Crippen molar-refractivity contribution in [1.82, 2.24) is 0 Å². The van der Waals surface area contributed by atoms with Gasteiger partial charge >= 0.3 is 0 Å². The Balaban J connectivity index is 2.13. The van der Waals surface area contributed by atoms with Crippen LogP contribution in [-0.2, 0) is 9.84 Å². The highest BCUT2D eigenvalue weighted by molar-refractivity contribution is 7.91. The number of ether oxygens (including phenoxy) is 1. The average Bonchev–Trinajstić information content (AvgIpc) is 2.86. The van der Waals surface area contributed by atoms with Crippen molar-refractivity contribution in [1.29, 1.82) is 0 Å². The minimum absolute atomic E-state index is 0.0172. The molecule has 1 aromatic rings. The average molecular weight is 297 g/mol. The van der Waals surface area contributed by atoms with Crippen LogP contribution < -0.4 is 10.1 Å². The number of nitrogens with one attached hydrogen (secondary N) is 1. The first-order valence-electron chi connectivity index (χ1n) is 7.19. The molecule has 1 aliphatic rings. The molecule has 2 rings (SSSR count). The van der Waals surface area contributed by atoms with Crippen LogP contribution in [0.2, 0.25) is 0 Å². The maximum Gasteiger partial charge on any atom is 0.152 e. The van der Waals surface area contributed by atoms with Crippen LogP contribution in [0.5, 0.6) is 5.75 Å². The maximum atomic E-state index is 11.8. The van der Waals surface area contributed by atoms with Crippen molar-refractivity contribution >= 4 is 15.5 Å². The molecule has 0 bridgehead atoms. The first-order chi connectivity index (χ1) is 9.52. The lowest BCUT2D eigenvalue weighted by atomic mass is 10.2. The van der Waals surface area contributed by atoms with E-state index in [-0.39, 0.29) is 11.3 Å². The van der Waals surface area contributed by atoms with Crippen LogP contribution in [0.25, 0.3) is 0 Å². The van der Waals surface area contributed by atoms with Gasteiger partial charge in [0.1, 0.15) is 5.75 Å². The molecule has 0 aliphatic heterocycles. The molecule has 0 saturated heterocycles. The largest absolute Gasteiger partial charge is 0.491 e. The molecule has 2 atom stereocenters. The van der Waals surface area contributed by atoms with Crippen molar-refractivity contribution < 1.29 is 13.2 Å². The summed E-state index contributed by atoms with van der Waals surface area (Å²) in [7, 11) is -3.00. The summed E-state index contributed by atoms with van der Waals surface area (Å²) < 4.78 is 29.3. The SMILES string of the molecule is CCCOc1ccccc1NC1CCCC1S(C)(=O)=O. The second-order valence-corrected chi connectivity index (χ2v) is 7.66. The van der Waals surface area contributed by atoms with Crippen LogP contribution in [0.1, 0.15) is 32.6 Å². The van der Waals surface area contributed by atoms with E-state index in [0.717, 1.165) is 37.1 Å². The number of hydrogen-bond donors (Lipinski definition) is 1. The molecule has 20 heavy (non-hydrogen) atoms. The van der Waals surface area contributed by atoms with Gasteiger partial charge in [0.15, 0.2) is 9.84 Å². The molecule has 112 valence electrons. The van der Waals surface area contributed by atoms with Crippen LogP contribution in [-0.4, -0.2) is 32.6 Å². The van der Waals surface area contributed by atoms with E-state index < -0.39 is 9.84 Å². The zero-order valence-electron chi connectivity index (χ0n) is 12.1. The standard InChI is InChI=1S/C15H23NO3S/c1-3-11-19-14-9-5-4-7-12(14)16-13-8-6-10-15(13)20(2,17)18/h4-5,7,9,13,15-16H,3,6,8,10-11H2,1-2H3. The fourth-order valence-corrected chi connectivity index (χ4v) is 4.12. The normalized spacial score (nSPS) is 22.7. The fourth-order valence-electron chi connectivity index (χ4n) is 2.73. The Morgan fingerprint density at radius 2 is 2.05 bits per heavy atom. The molecule has 2 unspecified atom stereocenters. The number of benzene rings is 1. The summed E-state index contributed by atoms with van der Waals surface area (Å²) in [5.41, 5.74) is 0.890. The molecule has 0 spiro atoms. The van der Waals surface area contributed by atoms with Crippen molar-refractivity contribution in [3.05, 3.63) is 24.3 Å². The lowest BCUT2D eigenvalue weighted by Gasteiger charge is -2.22. The number of para-hydroxylation sites is 2. The molecule has 4 nitrogen and oxygen atoms in total. The smallest absolute Gasteiger partial charge is 0.152 e. The summed E-state index contributed by atoms with van der Waals surface area (Å²) in [6, 6.07) is 7.71. The highest BCUT2D eigenvalue weighted by Crippen LogP contribution is 2.31. The highest BCUT2D eigenvalue weighted by atomic mass is 32.2. The minimum Gasteiger partial charge on any atom is -0.491 e. The van der Waals surface area contributed by atoms with Crippen molar-refractivity contribution in [3.8, 4) is 5.75 Å². The highest BCUT2D eigenvalue weighted by Gasteiger charge is 2.35. The van der Waals surface area contributed by atoms with Crippen molar-refractivity contribution in [2.75, 3.05) is 18.2 Å². The molecule has 5 heteroatoms.